The first-order chi connectivity index (χ1) is 35.0. The Bertz CT molecular complexity index is 3390. The van der Waals surface area contributed by atoms with Crippen molar-refractivity contribution in [2.75, 3.05) is 42.1 Å². The van der Waals surface area contributed by atoms with E-state index in [0.29, 0.717) is 55.7 Å². The van der Waals surface area contributed by atoms with Gasteiger partial charge in [0.05, 0.1) is 61.7 Å². The standard InChI is InChI=1S/C17H16FN5OS.C13H9FN4O2S.C13H10N4O3S.C4H9N/c18-13-5-3-4-11(20-13)10-19-17-21-12-6-9-25-15(12)14(22-17)16(24)23-7-1-2-8-23;14-9-3-1-2-7(16-9)6-15-13-17-8-4-5-21-11(8)10(18-13)12(19)20;18-9-3-1-2-7(15-9)6-14-13-16-8-4-5-21-11(8)10(17-13)12(19)20;1-2-4-5-3-1/h3-6,9H,1-2,7-8,10H2,(H,19,21,22);1-5H,6H2,(H,19,20)(H,15,17,18);1-5H,6H2,(H,15,18)(H,19,20)(H,14,16,17);5H,1-4H2. The first-order valence-corrected chi connectivity index (χ1v) is 25.0. The van der Waals surface area contributed by atoms with Crippen molar-refractivity contribution in [3.8, 4) is 0 Å². The van der Waals surface area contributed by atoms with Crippen LogP contribution in [-0.4, -0.2) is 104 Å². The summed E-state index contributed by atoms with van der Waals surface area (Å²) >= 11 is 4.02. The smallest absolute Gasteiger partial charge is 0.356 e. The highest BCUT2D eigenvalue weighted by Gasteiger charge is 2.24. The van der Waals surface area contributed by atoms with Crippen LogP contribution in [0.5, 0.6) is 0 Å². The average Bonchev–Trinajstić information content (AvgIpc) is 4.25. The van der Waals surface area contributed by atoms with Crippen LogP contribution in [0, 0.1) is 11.9 Å². The molecule has 0 bridgehead atoms. The summed E-state index contributed by atoms with van der Waals surface area (Å²) in [6.45, 7) is 4.82. The molecule has 1 amide bonds. The van der Waals surface area contributed by atoms with E-state index >= 15 is 0 Å². The van der Waals surface area contributed by atoms with Gasteiger partial charge in [-0.1, -0.05) is 18.2 Å². The molecule has 0 radical (unpaired) electrons. The molecule has 9 aromatic rings. The Balaban J connectivity index is 0.000000138. The van der Waals surface area contributed by atoms with Crippen molar-refractivity contribution < 1.29 is 33.4 Å². The molecule has 2 saturated heterocycles. The Hall–Kier alpha value is -8.00. The lowest BCUT2D eigenvalue weighted by atomic mass is 10.3. The second kappa shape index (κ2) is 24.2. The number of carbonyl (C=O) groups is 3. The number of rotatable bonds is 12. The molecule has 7 N–H and O–H groups in total. The van der Waals surface area contributed by atoms with Gasteiger partial charge in [0.15, 0.2) is 17.1 Å². The second-order valence-corrected chi connectivity index (χ2v) is 18.4. The van der Waals surface area contributed by atoms with Crippen molar-refractivity contribution in [3.63, 3.8) is 0 Å². The number of carbonyl (C=O) groups excluding carboxylic acids is 1. The van der Waals surface area contributed by atoms with Gasteiger partial charge < -0.3 is 41.4 Å². The summed E-state index contributed by atoms with van der Waals surface area (Å²) in [6.07, 6.45) is 4.83. The van der Waals surface area contributed by atoms with Crippen molar-refractivity contribution in [3.05, 3.63) is 145 Å². The molecule has 2 aliphatic heterocycles. The number of amides is 1. The minimum atomic E-state index is -1.11. The Labute approximate surface area is 419 Å². The summed E-state index contributed by atoms with van der Waals surface area (Å²) in [5.74, 6) is -2.64. The van der Waals surface area contributed by atoms with Gasteiger partial charge in [0.1, 0.15) is 0 Å². The van der Waals surface area contributed by atoms with Gasteiger partial charge in [-0.15, -0.1) is 34.0 Å². The lowest BCUT2D eigenvalue weighted by molar-refractivity contribution is 0.0682. The normalized spacial score (nSPS) is 12.8. The first-order valence-electron chi connectivity index (χ1n) is 22.3. The molecule has 9 aromatic heterocycles. The summed E-state index contributed by atoms with van der Waals surface area (Å²) in [7, 11) is 0. The van der Waals surface area contributed by atoms with Crippen LogP contribution in [0.4, 0.5) is 26.6 Å². The monoisotopic (exact) mass is 1030 g/mol. The van der Waals surface area contributed by atoms with Gasteiger partial charge in [-0.05, 0) is 103 Å². The van der Waals surface area contributed by atoms with E-state index in [4.69, 9.17) is 0 Å². The zero-order chi connectivity index (χ0) is 50.4. The van der Waals surface area contributed by atoms with E-state index in [1.807, 2.05) is 16.3 Å². The Kier molecular flexibility index (Phi) is 16.9. The number of hydrogen-bond acceptors (Lipinski definition) is 19. The van der Waals surface area contributed by atoms with E-state index < -0.39 is 23.8 Å². The molecular weight excluding hydrogens is 991 g/mol. The van der Waals surface area contributed by atoms with Crippen molar-refractivity contribution >= 4 is 100 Å². The number of halogens is 2. The van der Waals surface area contributed by atoms with Crippen LogP contribution in [0.2, 0.25) is 0 Å². The van der Waals surface area contributed by atoms with Crippen LogP contribution in [0.1, 0.15) is 74.2 Å². The number of hydrogen-bond donors (Lipinski definition) is 7. The highest BCUT2D eigenvalue weighted by atomic mass is 32.1. The van der Waals surface area contributed by atoms with Gasteiger partial charge in [0, 0.05) is 24.8 Å². The van der Waals surface area contributed by atoms with E-state index in [1.165, 1.54) is 78.1 Å². The van der Waals surface area contributed by atoms with E-state index in [0.717, 1.165) is 36.1 Å². The molecule has 25 heteroatoms. The lowest BCUT2D eigenvalue weighted by Gasteiger charge is -2.15. The van der Waals surface area contributed by atoms with Crippen LogP contribution < -0.4 is 26.8 Å². The number of pyridine rings is 3. The lowest BCUT2D eigenvalue weighted by Crippen LogP contribution is -2.28. The molecule has 2 fully saturated rings. The number of H-pyrrole nitrogens is 1. The zero-order valence-corrected chi connectivity index (χ0v) is 40.4. The first kappa shape index (κ1) is 50.4. The molecule has 2 aliphatic rings. The number of aromatic carboxylic acids is 2. The van der Waals surface area contributed by atoms with E-state index in [-0.39, 0.29) is 47.8 Å². The minimum absolute atomic E-state index is 0.0287. The SMILES string of the molecule is C1CCNC1.O=C(O)c1nc(NCc2cccc(=O)[nH]2)nc2ccsc12.O=C(O)c1nc(NCc2cccc(F)n2)nc2ccsc12.O=C(c1nc(NCc2cccc(F)n2)nc2ccsc12)N1CCCC1. The topological polar surface area (TPSA) is 279 Å². The van der Waals surface area contributed by atoms with Gasteiger partial charge in [-0.2, -0.15) is 8.78 Å². The molecule has 0 saturated carbocycles. The van der Waals surface area contributed by atoms with E-state index in [9.17, 15) is 38.2 Å². The number of likely N-dealkylation sites (tertiary alicyclic amines) is 1. The third kappa shape index (κ3) is 13.4. The van der Waals surface area contributed by atoms with Crippen molar-refractivity contribution in [2.45, 2.75) is 45.3 Å². The molecule has 0 atom stereocenters. The van der Waals surface area contributed by atoms with Crippen LogP contribution in [0.3, 0.4) is 0 Å². The van der Waals surface area contributed by atoms with Gasteiger partial charge in [0.2, 0.25) is 35.3 Å². The number of nitrogens with zero attached hydrogens (tertiary/aromatic N) is 9. The molecule has 0 spiro atoms. The van der Waals surface area contributed by atoms with Crippen LogP contribution in [-0.2, 0) is 19.6 Å². The summed E-state index contributed by atoms with van der Waals surface area (Å²) in [5.41, 5.74) is 3.70. The zero-order valence-electron chi connectivity index (χ0n) is 38.0. The maximum absolute atomic E-state index is 13.2. The Morgan fingerprint density at radius 2 is 1.00 bits per heavy atom. The van der Waals surface area contributed by atoms with Crippen molar-refractivity contribution in [1.29, 1.82) is 0 Å². The number of fused-ring (bicyclic) bond motifs is 3. The summed E-state index contributed by atoms with van der Waals surface area (Å²) in [4.78, 5) is 83.7. The quantitative estimate of drug-likeness (QED) is 0.0578. The molecular formula is C47H44F2N14O6S3. The number of aromatic amines is 1. The number of nitrogens with one attached hydrogen (secondary N) is 5. The van der Waals surface area contributed by atoms with Crippen LogP contribution >= 0.6 is 34.0 Å². The highest BCUT2D eigenvalue weighted by molar-refractivity contribution is 7.18. The molecule has 11 rings (SSSR count). The van der Waals surface area contributed by atoms with Gasteiger partial charge in [-0.3, -0.25) is 9.59 Å². The maximum atomic E-state index is 13.2. The molecule has 370 valence electrons. The summed E-state index contributed by atoms with van der Waals surface area (Å²) < 4.78 is 28.0. The van der Waals surface area contributed by atoms with Gasteiger partial charge in [0.25, 0.3) is 5.91 Å². The Morgan fingerprint density at radius 1 is 0.556 bits per heavy atom. The predicted molar refractivity (Wildman–Crippen MR) is 271 cm³/mol. The van der Waals surface area contributed by atoms with Gasteiger partial charge >= 0.3 is 11.9 Å². The molecule has 72 heavy (non-hydrogen) atoms. The summed E-state index contributed by atoms with van der Waals surface area (Å²) in [6, 6.07) is 19.2. The van der Waals surface area contributed by atoms with Crippen LogP contribution in [0.25, 0.3) is 30.6 Å². The molecule has 0 aromatic carbocycles. The van der Waals surface area contributed by atoms with Gasteiger partial charge in [-0.25, -0.2) is 49.5 Å². The number of aromatic nitrogens is 9. The maximum Gasteiger partial charge on any atom is 0.356 e. The summed E-state index contributed by atoms with van der Waals surface area (Å²) in [5, 5.41) is 35.8. The largest absolute Gasteiger partial charge is 0.476 e. The molecule has 20 nitrogen and oxygen atoms in total. The number of carboxylic acid groups (broad SMARTS) is 2. The van der Waals surface area contributed by atoms with E-state index in [1.54, 1.807) is 59.3 Å². The third-order valence-corrected chi connectivity index (χ3v) is 13.3. The number of anilines is 3. The third-order valence-electron chi connectivity index (χ3n) is 10.5. The molecule has 0 unspecified atom stereocenters. The minimum Gasteiger partial charge on any atom is -0.476 e. The van der Waals surface area contributed by atoms with Crippen LogP contribution in [0.15, 0.2) is 93.7 Å². The van der Waals surface area contributed by atoms with E-state index in [2.05, 4.69) is 66.1 Å². The fraction of sp³-hybridized carbons (Fsp3) is 0.234. The Morgan fingerprint density at radius 3 is 1.43 bits per heavy atom. The molecule has 11 heterocycles. The second-order valence-electron chi connectivity index (χ2n) is 15.7. The number of carboxylic acids is 2. The average molecular weight is 1040 g/mol. The highest BCUT2D eigenvalue weighted by Crippen LogP contribution is 2.27. The fourth-order valence-corrected chi connectivity index (χ4v) is 9.60. The van der Waals surface area contributed by atoms with Crippen molar-refractivity contribution in [1.82, 2.24) is 55.1 Å². The molecule has 0 aliphatic carbocycles. The fourth-order valence-electron chi connectivity index (χ4n) is 7.16. The number of thiophene rings is 3. The van der Waals surface area contributed by atoms with Crippen molar-refractivity contribution in [2.24, 2.45) is 0 Å². The predicted octanol–water partition coefficient (Wildman–Crippen LogP) is 7.67.